The van der Waals surface area contributed by atoms with Crippen LogP contribution >= 0.6 is 23.2 Å². The summed E-state index contributed by atoms with van der Waals surface area (Å²) in [6.45, 7) is 6.55. The van der Waals surface area contributed by atoms with Gasteiger partial charge in [0.2, 0.25) is 0 Å². The lowest BCUT2D eigenvalue weighted by Gasteiger charge is -2.48. The Morgan fingerprint density at radius 1 is 1.23 bits per heavy atom. The molecule has 0 spiro atoms. The van der Waals surface area contributed by atoms with Crippen LogP contribution in [-0.4, -0.2) is 42.1 Å². The Balaban J connectivity index is 1.96. The second-order valence-corrected chi connectivity index (χ2v) is 9.45. The van der Waals surface area contributed by atoms with Crippen LogP contribution in [0.4, 0.5) is 0 Å². The summed E-state index contributed by atoms with van der Waals surface area (Å²) in [5.41, 5.74) is 8.77. The molecule has 8 heteroatoms. The van der Waals surface area contributed by atoms with Gasteiger partial charge in [0.25, 0.3) is 0 Å². The second kappa shape index (κ2) is 7.90. The van der Waals surface area contributed by atoms with Crippen molar-refractivity contribution in [3.05, 3.63) is 56.5 Å². The minimum Gasteiger partial charge on any atom is -0.383 e. The van der Waals surface area contributed by atoms with E-state index < -0.39 is 5.92 Å². The van der Waals surface area contributed by atoms with E-state index in [2.05, 4.69) is 24.9 Å². The Hall–Kier alpha value is -2.04. The fraction of sp³-hybridized carbons (Fsp3) is 0.455. The first-order chi connectivity index (χ1) is 14.2. The quantitative estimate of drug-likeness (QED) is 0.739. The molecule has 2 heterocycles. The first-order valence-electron chi connectivity index (χ1n) is 9.98. The molecule has 1 saturated heterocycles. The van der Waals surface area contributed by atoms with E-state index in [0.29, 0.717) is 71.7 Å². The second-order valence-electron chi connectivity index (χ2n) is 8.67. The average molecular weight is 447 g/mol. The van der Waals surface area contributed by atoms with Crippen LogP contribution in [0.2, 0.25) is 10.0 Å². The molecule has 0 saturated carbocycles. The number of carbonyl (C=O) groups is 1. The molecule has 2 N–H and O–H groups in total. The molecule has 3 aliphatic rings. The summed E-state index contributed by atoms with van der Waals surface area (Å²) in [4.78, 5) is 13.4. The van der Waals surface area contributed by atoms with Gasteiger partial charge in [-0.3, -0.25) is 9.80 Å². The van der Waals surface area contributed by atoms with Crippen molar-refractivity contribution in [2.24, 2.45) is 11.1 Å². The molecule has 4 rings (SSSR count). The van der Waals surface area contributed by atoms with Gasteiger partial charge in [-0.15, -0.1) is 0 Å². The number of nitrogens with two attached hydrogens (primary N) is 1. The fourth-order valence-electron chi connectivity index (χ4n) is 4.62. The summed E-state index contributed by atoms with van der Waals surface area (Å²) in [6.07, 6.45) is 1.07. The Bertz CT molecular complexity index is 1000. The number of allylic oxidation sites excluding steroid dienone is 3. The number of benzene rings is 1. The van der Waals surface area contributed by atoms with Gasteiger partial charge in [-0.2, -0.15) is 5.26 Å². The molecule has 2 aliphatic heterocycles. The first kappa shape index (κ1) is 21.2. The van der Waals surface area contributed by atoms with Crippen molar-refractivity contribution in [1.29, 1.82) is 5.26 Å². The van der Waals surface area contributed by atoms with Gasteiger partial charge in [0.15, 0.2) is 5.78 Å². The predicted molar refractivity (Wildman–Crippen MR) is 115 cm³/mol. The molecule has 30 heavy (non-hydrogen) atoms. The zero-order valence-corrected chi connectivity index (χ0v) is 18.6. The molecule has 1 aromatic rings. The summed E-state index contributed by atoms with van der Waals surface area (Å²) >= 11 is 12.8. The molecule has 1 fully saturated rings. The number of hydrazine groups is 1. The SMILES string of the molecule is CC1(C)CC(=O)C2=C(C1)N(N1CCOCC1)C(N)=C(C#N)C2c1cccc(Cl)c1Cl. The number of hydrogen-bond acceptors (Lipinski definition) is 6. The van der Waals surface area contributed by atoms with E-state index in [4.69, 9.17) is 33.7 Å². The van der Waals surface area contributed by atoms with E-state index >= 15 is 0 Å². The fourth-order valence-corrected chi connectivity index (χ4v) is 5.04. The number of hydrogen-bond donors (Lipinski definition) is 1. The number of halogens is 2. The number of ether oxygens (including phenoxy) is 1. The van der Waals surface area contributed by atoms with Gasteiger partial charge in [-0.25, -0.2) is 5.01 Å². The number of ketones is 1. The highest BCUT2D eigenvalue weighted by Gasteiger charge is 2.46. The van der Waals surface area contributed by atoms with Gasteiger partial charge in [0.05, 0.1) is 40.8 Å². The van der Waals surface area contributed by atoms with Gasteiger partial charge in [-0.05, 0) is 23.5 Å². The monoisotopic (exact) mass is 446 g/mol. The van der Waals surface area contributed by atoms with Crippen LogP contribution in [0.25, 0.3) is 0 Å². The lowest BCUT2D eigenvalue weighted by Crippen LogP contribution is -2.53. The van der Waals surface area contributed by atoms with Crippen molar-refractivity contribution >= 4 is 29.0 Å². The molecule has 6 nitrogen and oxygen atoms in total. The highest BCUT2D eigenvalue weighted by atomic mass is 35.5. The molecule has 158 valence electrons. The van der Waals surface area contributed by atoms with Crippen molar-refractivity contribution in [3.63, 3.8) is 0 Å². The molecule has 0 bridgehead atoms. The number of nitrogens with zero attached hydrogens (tertiary/aromatic N) is 3. The zero-order valence-electron chi connectivity index (χ0n) is 17.0. The van der Waals surface area contributed by atoms with Crippen molar-refractivity contribution in [2.75, 3.05) is 26.3 Å². The summed E-state index contributed by atoms with van der Waals surface area (Å²) in [6, 6.07) is 7.54. The summed E-state index contributed by atoms with van der Waals surface area (Å²) in [5.74, 6) is -0.275. The van der Waals surface area contributed by atoms with E-state index in [0.717, 1.165) is 5.70 Å². The maximum absolute atomic E-state index is 13.4. The minimum absolute atomic E-state index is 0.0146. The maximum Gasteiger partial charge on any atom is 0.162 e. The normalized spacial score (nSPS) is 24.7. The Morgan fingerprint density at radius 3 is 2.60 bits per heavy atom. The summed E-state index contributed by atoms with van der Waals surface area (Å²) in [7, 11) is 0. The van der Waals surface area contributed by atoms with Crippen molar-refractivity contribution in [1.82, 2.24) is 10.0 Å². The van der Waals surface area contributed by atoms with E-state index in [1.807, 2.05) is 11.1 Å². The lowest BCUT2D eigenvalue weighted by atomic mass is 9.69. The standard InChI is InChI=1S/C22H24Cl2N4O2/c1-22(2)10-16-19(17(29)11-22)18(13-4-3-5-15(23)20(13)24)14(12-25)21(26)28(16)27-6-8-30-9-7-27/h3-5,18H,6-11,26H2,1-2H3. The van der Waals surface area contributed by atoms with E-state index in [1.165, 1.54) is 0 Å². The van der Waals surface area contributed by atoms with Crippen LogP contribution in [0.1, 0.15) is 38.2 Å². The maximum atomic E-state index is 13.4. The number of morpholine rings is 1. The Kier molecular flexibility index (Phi) is 5.58. The molecular weight excluding hydrogens is 423 g/mol. The highest BCUT2D eigenvalue weighted by Crippen LogP contribution is 2.51. The van der Waals surface area contributed by atoms with Gasteiger partial charge >= 0.3 is 0 Å². The van der Waals surface area contributed by atoms with Crippen LogP contribution in [0.15, 0.2) is 40.9 Å². The van der Waals surface area contributed by atoms with Crippen LogP contribution in [0.5, 0.6) is 0 Å². The largest absolute Gasteiger partial charge is 0.383 e. The van der Waals surface area contributed by atoms with Crippen LogP contribution < -0.4 is 5.73 Å². The number of carbonyl (C=O) groups excluding carboxylic acids is 1. The van der Waals surface area contributed by atoms with Crippen molar-refractivity contribution in [3.8, 4) is 6.07 Å². The van der Waals surface area contributed by atoms with E-state index in [9.17, 15) is 10.1 Å². The van der Waals surface area contributed by atoms with Gasteiger partial charge in [-0.1, -0.05) is 49.2 Å². The molecule has 1 aromatic carbocycles. The lowest BCUT2D eigenvalue weighted by molar-refractivity contribution is -0.119. The Labute approximate surface area is 186 Å². The number of nitriles is 1. The third-order valence-corrected chi connectivity index (χ3v) is 6.75. The highest BCUT2D eigenvalue weighted by molar-refractivity contribution is 6.42. The topological polar surface area (TPSA) is 82.6 Å². The third-order valence-electron chi connectivity index (χ3n) is 5.92. The smallest absolute Gasteiger partial charge is 0.162 e. The predicted octanol–water partition coefficient (Wildman–Crippen LogP) is 3.98. The summed E-state index contributed by atoms with van der Waals surface area (Å²) in [5, 5.41) is 14.7. The molecule has 0 radical (unpaired) electrons. The molecule has 1 atom stereocenters. The average Bonchev–Trinajstić information content (AvgIpc) is 2.69. The van der Waals surface area contributed by atoms with Crippen LogP contribution in [0.3, 0.4) is 0 Å². The molecule has 1 aliphatic carbocycles. The third kappa shape index (κ3) is 3.50. The van der Waals surface area contributed by atoms with Crippen LogP contribution in [-0.2, 0) is 9.53 Å². The van der Waals surface area contributed by atoms with Crippen molar-refractivity contribution < 1.29 is 9.53 Å². The van der Waals surface area contributed by atoms with Crippen molar-refractivity contribution in [2.45, 2.75) is 32.6 Å². The molecule has 0 amide bonds. The number of Topliss-reactive ketones (excluding diaryl/α,β-unsaturated/α-hetero) is 1. The number of rotatable bonds is 2. The first-order valence-corrected chi connectivity index (χ1v) is 10.7. The molecule has 0 aromatic heterocycles. The molecular formula is C22H24Cl2N4O2. The van der Waals surface area contributed by atoms with Gasteiger partial charge < -0.3 is 10.5 Å². The van der Waals surface area contributed by atoms with Crippen LogP contribution in [0, 0.1) is 16.7 Å². The zero-order chi connectivity index (χ0) is 21.6. The van der Waals surface area contributed by atoms with Gasteiger partial charge in [0, 0.05) is 30.8 Å². The van der Waals surface area contributed by atoms with E-state index in [1.54, 1.807) is 12.1 Å². The Morgan fingerprint density at radius 2 is 1.93 bits per heavy atom. The van der Waals surface area contributed by atoms with Gasteiger partial charge in [0.1, 0.15) is 5.82 Å². The summed E-state index contributed by atoms with van der Waals surface area (Å²) < 4.78 is 5.49. The minimum atomic E-state index is -0.628. The van der Waals surface area contributed by atoms with E-state index in [-0.39, 0.29) is 11.2 Å². The molecule has 1 unspecified atom stereocenters.